The standard InChI is InChI=1S/C15H31NO6/c1-16-2-4-17-6-8-19-10-12-21-14-15-22-13-11-20-9-7-18-5-3-16/h2-15H2,1H3. The van der Waals surface area contributed by atoms with E-state index in [-0.39, 0.29) is 0 Å². The molecule has 22 heavy (non-hydrogen) atoms. The number of rotatable bonds is 0. The molecule has 0 aromatic rings. The van der Waals surface area contributed by atoms with E-state index in [9.17, 15) is 0 Å². The van der Waals surface area contributed by atoms with Gasteiger partial charge in [-0.3, -0.25) is 0 Å². The first-order chi connectivity index (χ1) is 10.9. The molecule has 132 valence electrons. The van der Waals surface area contributed by atoms with Crippen molar-refractivity contribution in [1.82, 2.24) is 4.90 Å². The summed E-state index contributed by atoms with van der Waals surface area (Å²) in [7, 11) is 2.06. The van der Waals surface area contributed by atoms with Crippen LogP contribution >= 0.6 is 0 Å². The number of hydrogen-bond acceptors (Lipinski definition) is 7. The van der Waals surface area contributed by atoms with Crippen LogP contribution in [-0.4, -0.2) is 104 Å². The molecule has 1 aliphatic heterocycles. The average Bonchev–Trinajstić information content (AvgIpc) is 2.52. The molecule has 1 rings (SSSR count). The maximum atomic E-state index is 5.51. The first kappa shape index (κ1) is 19.8. The van der Waals surface area contributed by atoms with Gasteiger partial charge in [-0.15, -0.1) is 0 Å². The quantitative estimate of drug-likeness (QED) is 0.624. The number of likely N-dealkylation sites (N-methyl/N-ethyl adjacent to an activating group) is 1. The molecule has 0 aromatic carbocycles. The van der Waals surface area contributed by atoms with Crippen molar-refractivity contribution in [3.05, 3.63) is 0 Å². The third-order valence-corrected chi connectivity index (χ3v) is 3.09. The Balaban J connectivity index is 2.08. The lowest BCUT2D eigenvalue weighted by Crippen LogP contribution is -2.28. The molecule has 0 aliphatic carbocycles. The van der Waals surface area contributed by atoms with Crippen LogP contribution in [0.1, 0.15) is 0 Å². The fraction of sp³-hybridized carbons (Fsp3) is 1.00. The number of nitrogens with zero attached hydrogens (tertiary/aromatic N) is 1. The normalized spacial score (nSPS) is 24.4. The number of hydrogen-bond donors (Lipinski definition) is 0. The molecule has 0 radical (unpaired) electrons. The van der Waals surface area contributed by atoms with Gasteiger partial charge in [0.2, 0.25) is 0 Å². The van der Waals surface area contributed by atoms with Crippen LogP contribution in [0.3, 0.4) is 0 Å². The van der Waals surface area contributed by atoms with Gasteiger partial charge in [0.25, 0.3) is 0 Å². The van der Waals surface area contributed by atoms with Gasteiger partial charge in [0.05, 0.1) is 79.3 Å². The zero-order chi connectivity index (χ0) is 15.7. The molecular weight excluding hydrogens is 290 g/mol. The molecule has 0 spiro atoms. The molecule has 0 N–H and O–H groups in total. The Morgan fingerprint density at radius 3 is 0.909 bits per heavy atom. The van der Waals surface area contributed by atoms with Gasteiger partial charge in [0, 0.05) is 13.1 Å². The lowest BCUT2D eigenvalue weighted by molar-refractivity contribution is -0.0152. The summed E-state index contributed by atoms with van der Waals surface area (Å²) in [5.74, 6) is 0. The summed E-state index contributed by atoms with van der Waals surface area (Å²) in [4.78, 5) is 2.19. The first-order valence-electron chi connectivity index (χ1n) is 8.04. The van der Waals surface area contributed by atoms with E-state index in [0.717, 1.165) is 13.1 Å². The summed E-state index contributed by atoms with van der Waals surface area (Å²) in [6, 6.07) is 0. The van der Waals surface area contributed by atoms with Gasteiger partial charge in [-0.1, -0.05) is 0 Å². The molecule has 7 heteroatoms. The Morgan fingerprint density at radius 1 is 0.409 bits per heavy atom. The second kappa shape index (κ2) is 15.6. The minimum absolute atomic E-state index is 0.579. The SMILES string of the molecule is CN1CCOCCOCCOCCOCCOCCOCC1. The molecule has 0 unspecified atom stereocenters. The smallest absolute Gasteiger partial charge is 0.0701 e. The van der Waals surface area contributed by atoms with Crippen LogP contribution in [0.5, 0.6) is 0 Å². The summed E-state index contributed by atoms with van der Waals surface area (Å²) < 4.78 is 32.6. The van der Waals surface area contributed by atoms with Crippen LogP contribution in [-0.2, 0) is 28.4 Å². The van der Waals surface area contributed by atoms with Crippen LogP contribution in [0.2, 0.25) is 0 Å². The van der Waals surface area contributed by atoms with Crippen LogP contribution in [0.15, 0.2) is 0 Å². The van der Waals surface area contributed by atoms with Crippen molar-refractivity contribution in [1.29, 1.82) is 0 Å². The van der Waals surface area contributed by atoms with E-state index in [4.69, 9.17) is 28.4 Å². The predicted molar refractivity (Wildman–Crippen MR) is 82.4 cm³/mol. The van der Waals surface area contributed by atoms with Crippen molar-refractivity contribution >= 4 is 0 Å². The maximum absolute atomic E-state index is 5.51. The largest absolute Gasteiger partial charge is 0.378 e. The van der Waals surface area contributed by atoms with E-state index in [2.05, 4.69) is 11.9 Å². The highest BCUT2D eigenvalue weighted by atomic mass is 16.6. The monoisotopic (exact) mass is 321 g/mol. The molecule has 1 fully saturated rings. The molecule has 7 nitrogen and oxygen atoms in total. The lowest BCUT2D eigenvalue weighted by atomic mass is 10.5. The third kappa shape index (κ3) is 13.4. The van der Waals surface area contributed by atoms with Crippen molar-refractivity contribution in [2.75, 3.05) is 99.4 Å². The van der Waals surface area contributed by atoms with Crippen molar-refractivity contribution in [2.45, 2.75) is 0 Å². The highest BCUT2D eigenvalue weighted by Crippen LogP contribution is 1.88. The zero-order valence-electron chi connectivity index (χ0n) is 13.8. The highest BCUT2D eigenvalue weighted by molar-refractivity contribution is 4.49. The van der Waals surface area contributed by atoms with Crippen molar-refractivity contribution < 1.29 is 28.4 Å². The molecule has 0 aromatic heterocycles. The van der Waals surface area contributed by atoms with E-state index in [1.807, 2.05) is 0 Å². The Morgan fingerprint density at radius 2 is 0.636 bits per heavy atom. The molecule has 1 aliphatic rings. The maximum Gasteiger partial charge on any atom is 0.0701 e. The van der Waals surface area contributed by atoms with E-state index in [1.54, 1.807) is 0 Å². The van der Waals surface area contributed by atoms with Crippen LogP contribution in [0, 0.1) is 0 Å². The van der Waals surface area contributed by atoms with Gasteiger partial charge in [-0.05, 0) is 7.05 Å². The van der Waals surface area contributed by atoms with E-state index >= 15 is 0 Å². The average molecular weight is 321 g/mol. The molecule has 0 saturated carbocycles. The minimum atomic E-state index is 0.579. The second-order valence-electron chi connectivity index (χ2n) is 4.98. The Bertz CT molecular complexity index is 210. The third-order valence-electron chi connectivity index (χ3n) is 3.09. The predicted octanol–water partition coefficient (Wildman–Crippen LogP) is 0.0314. The Hall–Kier alpha value is -0.280. The lowest BCUT2D eigenvalue weighted by Gasteiger charge is -2.16. The minimum Gasteiger partial charge on any atom is -0.378 e. The summed E-state index contributed by atoms with van der Waals surface area (Å²) in [6.45, 7) is 9.12. The van der Waals surface area contributed by atoms with Gasteiger partial charge in [-0.25, -0.2) is 0 Å². The highest BCUT2D eigenvalue weighted by Gasteiger charge is 1.99. The van der Waals surface area contributed by atoms with Gasteiger partial charge >= 0.3 is 0 Å². The summed E-state index contributed by atoms with van der Waals surface area (Å²) in [5, 5.41) is 0. The van der Waals surface area contributed by atoms with Crippen molar-refractivity contribution in [3.8, 4) is 0 Å². The fourth-order valence-corrected chi connectivity index (χ4v) is 1.75. The van der Waals surface area contributed by atoms with Gasteiger partial charge in [0.15, 0.2) is 0 Å². The fourth-order valence-electron chi connectivity index (χ4n) is 1.75. The Kier molecular flexibility index (Phi) is 14.0. The van der Waals surface area contributed by atoms with Crippen LogP contribution < -0.4 is 0 Å². The summed E-state index contributed by atoms with van der Waals surface area (Å²) in [5.41, 5.74) is 0. The van der Waals surface area contributed by atoms with Gasteiger partial charge < -0.3 is 33.3 Å². The molecule has 1 saturated heterocycles. The second-order valence-corrected chi connectivity index (χ2v) is 4.98. The van der Waals surface area contributed by atoms with Crippen molar-refractivity contribution in [2.24, 2.45) is 0 Å². The molecule has 0 amide bonds. The summed E-state index contributed by atoms with van der Waals surface area (Å²) >= 11 is 0. The van der Waals surface area contributed by atoms with Gasteiger partial charge in [-0.2, -0.15) is 0 Å². The van der Waals surface area contributed by atoms with E-state index < -0.39 is 0 Å². The molecule has 0 bridgehead atoms. The topological polar surface area (TPSA) is 58.6 Å². The zero-order valence-corrected chi connectivity index (χ0v) is 13.8. The molecular formula is C15H31NO6. The van der Waals surface area contributed by atoms with Gasteiger partial charge in [0.1, 0.15) is 0 Å². The van der Waals surface area contributed by atoms with Crippen LogP contribution in [0.25, 0.3) is 0 Å². The van der Waals surface area contributed by atoms with Crippen molar-refractivity contribution in [3.63, 3.8) is 0 Å². The van der Waals surface area contributed by atoms with Crippen LogP contribution in [0.4, 0.5) is 0 Å². The number of ether oxygens (including phenoxy) is 6. The van der Waals surface area contributed by atoms with E-state index in [0.29, 0.717) is 79.3 Å². The molecule has 1 heterocycles. The van der Waals surface area contributed by atoms with E-state index in [1.165, 1.54) is 0 Å². The molecule has 0 atom stereocenters. The summed E-state index contributed by atoms with van der Waals surface area (Å²) in [6.07, 6.45) is 0. The Labute approximate surface area is 133 Å². The first-order valence-corrected chi connectivity index (χ1v) is 8.04.